The Kier molecular flexibility index (Phi) is 3.34. The van der Waals surface area contributed by atoms with Crippen molar-refractivity contribution in [3.63, 3.8) is 0 Å². The molecule has 2 atom stereocenters. The molecule has 1 saturated heterocycles. The summed E-state index contributed by atoms with van der Waals surface area (Å²) in [6, 6.07) is 0. The van der Waals surface area contributed by atoms with Crippen LogP contribution in [0, 0.1) is 18.8 Å². The average molecular weight is 328 g/mol. The quantitative estimate of drug-likeness (QED) is 0.936. The number of hydrogen-bond acceptors (Lipinski definition) is 5. The number of aromatic nitrogens is 2. The van der Waals surface area contributed by atoms with Crippen molar-refractivity contribution in [2.75, 3.05) is 18.4 Å². The summed E-state index contributed by atoms with van der Waals surface area (Å²) < 4.78 is 5.77. The van der Waals surface area contributed by atoms with E-state index in [0.717, 1.165) is 31.3 Å². The minimum atomic E-state index is 0.0289. The van der Waals surface area contributed by atoms with Crippen LogP contribution in [0.1, 0.15) is 49.7 Å². The van der Waals surface area contributed by atoms with E-state index in [0.29, 0.717) is 34.7 Å². The molecule has 6 heteroatoms. The van der Waals surface area contributed by atoms with Crippen molar-refractivity contribution in [2.24, 2.45) is 11.8 Å². The molecule has 2 aliphatic rings. The zero-order valence-corrected chi connectivity index (χ0v) is 14.7. The van der Waals surface area contributed by atoms with Gasteiger partial charge in [-0.15, -0.1) is 0 Å². The van der Waals surface area contributed by atoms with Crippen LogP contribution in [-0.2, 0) is 0 Å². The van der Waals surface area contributed by atoms with Gasteiger partial charge < -0.3 is 14.6 Å². The highest BCUT2D eigenvalue weighted by atomic mass is 16.3. The van der Waals surface area contributed by atoms with Gasteiger partial charge in [0.1, 0.15) is 17.9 Å². The highest BCUT2D eigenvalue weighted by Crippen LogP contribution is 2.40. The van der Waals surface area contributed by atoms with E-state index < -0.39 is 0 Å². The fourth-order valence-corrected chi connectivity index (χ4v) is 3.45. The lowest BCUT2D eigenvalue weighted by Gasteiger charge is -2.17. The van der Waals surface area contributed by atoms with Crippen LogP contribution in [0.2, 0.25) is 0 Å². The monoisotopic (exact) mass is 328 g/mol. The SMILES string of the molecule is Cc1oc2ncnc(NC3(C)CC3)c2c1C(=O)N1CC(C)[C@@H](C)C1. The Morgan fingerprint density at radius 1 is 1.29 bits per heavy atom. The third-order valence-electron chi connectivity index (χ3n) is 5.57. The summed E-state index contributed by atoms with van der Waals surface area (Å²) in [5.41, 5.74) is 1.17. The largest absolute Gasteiger partial charge is 0.442 e. The Balaban J connectivity index is 1.77. The van der Waals surface area contributed by atoms with Gasteiger partial charge in [0.2, 0.25) is 5.71 Å². The van der Waals surface area contributed by atoms with Gasteiger partial charge in [0, 0.05) is 18.6 Å². The third-order valence-corrected chi connectivity index (χ3v) is 5.57. The second-order valence-corrected chi connectivity index (χ2v) is 7.79. The first kappa shape index (κ1) is 15.4. The Morgan fingerprint density at radius 2 is 1.96 bits per heavy atom. The first-order valence-electron chi connectivity index (χ1n) is 8.69. The topological polar surface area (TPSA) is 71.3 Å². The molecule has 2 aromatic rings. The minimum Gasteiger partial charge on any atom is -0.442 e. The number of carbonyl (C=O) groups excluding carboxylic acids is 1. The molecule has 3 heterocycles. The minimum absolute atomic E-state index is 0.0289. The Bertz CT molecular complexity index is 799. The van der Waals surface area contributed by atoms with Gasteiger partial charge in [-0.1, -0.05) is 13.8 Å². The molecule has 1 unspecified atom stereocenters. The summed E-state index contributed by atoms with van der Waals surface area (Å²) in [6.07, 6.45) is 3.72. The molecule has 0 spiro atoms. The zero-order valence-electron chi connectivity index (χ0n) is 14.7. The summed E-state index contributed by atoms with van der Waals surface area (Å²) in [4.78, 5) is 23.7. The van der Waals surface area contributed by atoms with E-state index in [4.69, 9.17) is 4.42 Å². The van der Waals surface area contributed by atoms with E-state index in [1.54, 1.807) is 0 Å². The predicted molar refractivity (Wildman–Crippen MR) is 92.0 cm³/mol. The summed E-state index contributed by atoms with van der Waals surface area (Å²) >= 11 is 0. The number of aryl methyl sites for hydroxylation is 1. The lowest BCUT2D eigenvalue weighted by Crippen LogP contribution is -2.29. The summed E-state index contributed by atoms with van der Waals surface area (Å²) in [6.45, 7) is 9.98. The van der Waals surface area contributed by atoms with Gasteiger partial charge >= 0.3 is 0 Å². The number of anilines is 1. The van der Waals surface area contributed by atoms with Gasteiger partial charge in [0.15, 0.2) is 0 Å². The van der Waals surface area contributed by atoms with Crippen molar-refractivity contribution in [1.29, 1.82) is 0 Å². The lowest BCUT2D eigenvalue weighted by molar-refractivity contribution is 0.0785. The van der Waals surface area contributed by atoms with Gasteiger partial charge in [0.05, 0.1) is 10.9 Å². The number of carbonyl (C=O) groups is 1. The molecule has 1 aliphatic heterocycles. The maximum absolute atomic E-state index is 13.2. The van der Waals surface area contributed by atoms with E-state index in [1.807, 2.05) is 11.8 Å². The third kappa shape index (κ3) is 2.44. The standard InChI is InChI=1S/C18H24N4O2/c1-10-7-22(8-11(10)2)17(23)13-12(3)24-16-14(13)15(19-9-20-16)21-18(4)5-6-18/h9-11H,5-8H2,1-4H3,(H,19,20,21)/t10-,11?/m0/s1. The normalized spacial score (nSPS) is 25.2. The summed E-state index contributed by atoms with van der Waals surface area (Å²) in [5.74, 6) is 2.40. The molecule has 0 aromatic carbocycles. The number of rotatable bonds is 3. The molecule has 2 aromatic heterocycles. The lowest BCUT2D eigenvalue weighted by atomic mass is 10.0. The van der Waals surface area contributed by atoms with Crippen molar-refractivity contribution >= 4 is 22.8 Å². The summed E-state index contributed by atoms with van der Waals surface area (Å²) in [5, 5.41) is 4.19. The van der Waals surface area contributed by atoms with Crippen LogP contribution < -0.4 is 5.32 Å². The molecule has 128 valence electrons. The number of nitrogens with zero attached hydrogens (tertiary/aromatic N) is 3. The van der Waals surface area contributed by atoms with Crippen molar-refractivity contribution in [3.05, 3.63) is 17.7 Å². The number of likely N-dealkylation sites (tertiary alicyclic amines) is 1. The van der Waals surface area contributed by atoms with Crippen LogP contribution >= 0.6 is 0 Å². The Hall–Kier alpha value is -2.11. The second kappa shape index (κ2) is 5.19. The van der Waals surface area contributed by atoms with Crippen molar-refractivity contribution in [1.82, 2.24) is 14.9 Å². The number of fused-ring (bicyclic) bond motifs is 1. The van der Waals surface area contributed by atoms with Gasteiger partial charge in [-0.3, -0.25) is 4.79 Å². The molecule has 2 fully saturated rings. The molecule has 1 aliphatic carbocycles. The van der Waals surface area contributed by atoms with Crippen LogP contribution in [0.3, 0.4) is 0 Å². The van der Waals surface area contributed by atoms with E-state index in [-0.39, 0.29) is 11.4 Å². The zero-order chi connectivity index (χ0) is 17.1. The van der Waals surface area contributed by atoms with Crippen LogP contribution in [0.25, 0.3) is 11.1 Å². The van der Waals surface area contributed by atoms with Crippen LogP contribution in [0.5, 0.6) is 0 Å². The first-order valence-corrected chi connectivity index (χ1v) is 8.69. The molecule has 1 saturated carbocycles. The van der Waals surface area contributed by atoms with Gasteiger partial charge in [-0.25, -0.2) is 9.97 Å². The van der Waals surface area contributed by atoms with Gasteiger partial charge in [0.25, 0.3) is 5.91 Å². The smallest absolute Gasteiger partial charge is 0.258 e. The Morgan fingerprint density at radius 3 is 2.58 bits per heavy atom. The summed E-state index contributed by atoms with van der Waals surface area (Å²) in [7, 11) is 0. The number of furan rings is 1. The van der Waals surface area contributed by atoms with Crippen molar-refractivity contribution in [3.8, 4) is 0 Å². The van der Waals surface area contributed by atoms with E-state index in [9.17, 15) is 4.79 Å². The fourth-order valence-electron chi connectivity index (χ4n) is 3.45. The molecule has 6 nitrogen and oxygen atoms in total. The Labute approximate surface area is 141 Å². The number of hydrogen-bond donors (Lipinski definition) is 1. The number of amides is 1. The molecule has 0 bridgehead atoms. The molecule has 4 rings (SSSR count). The van der Waals surface area contributed by atoms with E-state index in [2.05, 4.69) is 36.1 Å². The molecule has 0 radical (unpaired) electrons. The second-order valence-electron chi connectivity index (χ2n) is 7.79. The fraction of sp³-hybridized carbons (Fsp3) is 0.611. The molecular formula is C18H24N4O2. The van der Waals surface area contributed by atoms with Crippen molar-refractivity contribution in [2.45, 2.75) is 46.1 Å². The van der Waals surface area contributed by atoms with Crippen molar-refractivity contribution < 1.29 is 9.21 Å². The predicted octanol–water partition coefficient (Wildman–Crippen LogP) is 3.22. The molecular weight excluding hydrogens is 304 g/mol. The van der Waals surface area contributed by atoms with Crippen LogP contribution in [-0.4, -0.2) is 39.4 Å². The average Bonchev–Trinajstić information content (AvgIpc) is 3.00. The highest BCUT2D eigenvalue weighted by molar-refractivity contribution is 6.10. The number of nitrogens with one attached hydrogen (secondary N) is 1. The maximum Gasteiger partial charge on any atom is 0.258 e. The van der Waals surface area contributed by atoms with Gasteiger partial charge in [-0.2, -0.15) is 0 Å². The molecule has 1 amide bonds. The van der Waals surface area contributed by atoms with Crippen LogP contribution in [0.15, 0.2) is 10.7 Å². The van der Waals surface area contributed by atoms with Gasteiger partial charge in [-0.05, 0) is 38.5 Å². The van der Waals surface area contributed by atoms with E-state index >= 15 is 0 Å². The molecule has 24 heavy (non-hydrogen) atoms. The maximum atomic E-state index is 13.2. The first-order chi connectivity index (χ1) is 11.4. The highest BCUT2D eigenvalue weighted by Gasteiger charge is 2.39. The van der Waals surface area contributed by atoms with E-state index in [1.165, 1.54) is 6.33 Å². The molecule has 1 N–H and O–H groups in total. The van der Waals surface area contributed by atoms with Crippen LogP contribution in [0.4, 0.5) is 5.82 Å².